The largest absolute Gasteiger partial charge is 0.465 e. The number of H-pyrrole nitrogens is 1. The molecule has 1 N–H and O–H groups in total. The van der Waals surface area contributed by atoms with E-state index in [4.69, 9.17) is 4.74 Å². The standard InChI is InChI=1S/C17H18BrNO2/c1-10-3-6-12(8-14(10)18)15-9-13(17(20)21-2)16(19-15)7-11-4-5-11/h3,6,8-9,11,19H,4-5,7H2,1-2H3. The number of ether oxygens (including phenoxy) is 1. The summed E-state index contributed by atoms with van der Waals surface area (Å²) < 4.78 is 5.97. The molecule has 0 saturated heterocycles. The zero-order chi connectivity index (χ0) is 15.0. The lowest BCUT2D eigenvalue weighted by atomic mass is 10.1. The molecule has 1 fully saturated rings. The van der Waals surface area contributed by atoms with Gasteiger partial charge in [-0.3, -0.25) is 0 Å². The molecule has 0 aliphatic heterocycles. The second-order valence-corrected chi connectivity index (χ2v) is 6.53. The summed E-state index contributed by atoms with van der Waals surface area (Å²) in [6.07, 6.45) is 3.44. The Hall–Kier alpha value is -1.55. The lowest BCUT2D eigenvalue weighted by Crippen LogP contribution is -2.04. The van der Waals surface area contributed by atoms with Crippen LogP contribution in [0.25, 0.3) is 11.3 Å². The molecule has 3 rings (SSSR count). The molecular weight excluding hydrogens is 330 g/mol. The second kappa shape index (κ2) is 5.68. The van der Waals surface area contributed by atoms with Gasteiger partial charge in [-0.05, 0) is 55.4 Å². The van der Waals surface area contributed by atoms with Crippen molar-refractivity contribution in [1.82, 2.24) is 4.98 Å². The molecule has 0 bridgehead atoms. The molecule has 1 aliphatic rings. The molecule has 1 aromatic heterocycles. The molecule has 1 saturated carbocycles. The van der Waals surface area contributed by atoms with Crippen LogP contribution in [0.4, 0.5) is 0 Å². The summed E-state index contributed by atoms with van der Waals surface area (Å²) in [6, 6.07) is 8.11. The van der Waals surface area contributed by atoms with E-state index in [0.717, 1.165) is 27.8 Å². The lowest BCUT2D eigenvalue weighted by molar-refractivity contribution is 0.0599. The van der Waals surface area contributed by atoms with E-state index in [1.807, 2.05) is 6.07 Å². The van der Waals surface area contributed by atoms with Crippen LogP contribution < -0.4 is 0 Å². The van der Waals surface area contributed by atoms with E-state index >= 15 is 0 Å². The van der Waals surface area contributed by atoms with Crippen LogP contribution in [-0.2, 0) is 11.2 Å². The average Bonchev–Trinajstić information content (AvgIpc) is 3.19. The van der Waals surface area contributed by atoms with Crippen LogP contribution in [0, 0.1) is 12.8 Å². The van der Waals surface area contributed by atoms with Crippen LogP contribution in [0.2, 0.25) is 0 Å². The molecule has 0 atom stereocenters. The first-order chi connectivity index (χ1) is 10.1. The van der Waals surface area contributed by atoms with Gasteiger partial charge >= 0.3 is 5.97 Å². The Balaban J connectivity index is 1.99. The second-order valence-electron chi connectivity index (χ2n) is 5.68. The van der Waals surface area contributed by atoms with Gasteiger partial charge < -0.3 is 9.72 Å². The van der Waals surface area contributed by atoms with Gasteiger partial charge in [-0.15, -0.1) is 0 Å². The van der Waals surface area contributed by atoms with E-state index in [9.17, 15) is 4.79 Å². The molecule has 1 aromatic carbocycles. The van der Waals surface area contributed by atoms with Crippen molar-refractivity contribution in [3.63, 3.8) is 0 Å². The van der Waals surface area contributed by atoms with Crippen molar-refractivity contribution in [3.05, 3.63) is 45.6 Å². The maximum Gasteiger partial charge on any atom is 0.339 e. The fraction of sp³-hybridized carbons (Fsp3) is 0.353. The number of aromatic nitrogens is 1. The van der Waals surface area contributed by atoms with E-state index in [1.165, 1.54) is 25.5 Å². The van der Waals surface area contributed by atoms with Crippen LogP contribution in [0.1, 0.15) is 34.5 Å². The number of halogens is 1. The van der Waals surface area contributed by atoms with Crippen molar-refractivity contribution < 1.29 is 9.53 Å². The van der Waals surface area contributed by atoms with Gasteiger partial charge in [0.25, 0.3) is 0 Å². The van der Waals surface area contributed by atoms with Crippen molar-refractivity contribution in [2.75, 3.05) is 7.11 Å². The fourth-order valence-electron chi connectivity index (χ4n) is 2.48. The highest BCUT2D eigenvalue weighted by molar-refractivity contribution is 9.10. The van der Waals surface area contributed by atoms with Crippen molar-refractivity contribution in [3.8, 4) is 11.3 Å². The number of esters is 1. The Labute approximate surface area is 132 Å². The monoisotopic (exact) mass is 347 g/mol. The highest BCUT2D eigenvalue weighted by Crippen LogP contribution is 2.35. The first kappa shape index (κ1) is 14.4. The highest BCUT2D eigenvalue weighted by atomic mass is 79.9. The number of methoxy groups -OCH3 is 1. The topological polar surface area (TPSA) is 42.1 Å². The molecule has 0 unspecified atom stereocenters. The first-order valence-corrected chi connectivity index (χ1v) is 7.94. The third-order valence-corrected chi connectivity index (χ3v) is 4.83. The molecule has 21 heavy (non-hydrogen) atoms. The number of aromatic amines is 1. The minimum absolute atomic E-state index is 0.265. The predicted octanol–water partition coefficient (Wildman–Crippen LogP) is 4.49. The molecule has 4 heteroatoms. The Morgan fingerprint density at radius 3 is 2.76 bits per heavy atom. The maximum absolute atomic E-state index is 12.0. The summed E-state index contributed by atoms with van der Waals surface area (Å²) in [4.78, 5) is 15.4. The van der Waals surface area contributed by atoms with E-state index in [1.54, 1.807) is 0 Å². The summed E-state index contributed by atoms with van der Waals surface area (Å²) in [5.41, 5.74) is 4.88. The molecule has 110 valence electrons. The van der Waals surface area contributed by atoms with Gasteiger partial charge in [-0.2, -0.15) is 0 Å². The number of rotatable bonds is 4. The van der Waals surface area contributed by atoms with E-state index in [0.29, 0.717) is 11.5 Å². The third-order valence-electron chi connectivity index (χ3n) is 3.98. The van der Waals surface area contributed by atoms with Crippen LogP contribution in [0.5, 0.6) is 0 Å². The van der Waals surface area contributed by atoms with Crippen LogP contribution in [-0.4, -0.2) is 18.1 Å². The van der Waals surface area contributed by atoms with Crippen molar-refractivity contribution in [2.24, 2.45) is 5.92 Å². The van der Waals surface area contributed by atoms with E-state index < -0.39 is 0 Å². The van der Waals surface area contributed by atoms with Gasteiger partial charge in [0.1, 0.15) is 0 Å². The molecule has 1 heterocycles. The molecule has 3 nitrogen and oxygen atoms in total. The summed E-state index contributed by atoms with van der Waals surface area (Å²) >= 11 is 3.56. The summed E-state index contributed by atoms with van der Waals surface area (Å²) in [7, 11) is 1.43. The SMILES string of the molecule is COC(=O)c1cc(-c2ccc(C)c(Br)c2)[nH]c1CC1CC1. The average molecular weight is 348 g/mol. The number of carbonyl (C=O) groups is 1. The highest BCUT2D eigenvalue weighted by Gasteiger charge is 2.26. The Kier molecular flexibility index (Phi) is 3.89. The molecule has 0 spiro atoms. The van der Waals surface area contributed by atoms with Crippen molar-refractivity contribution in [1.29, 1.82) is 0 Å². The quantitative estimate of drug-likeness (QED) is 0.827. The smallest absolute Gasteiger partial charge is 0.339 e. The van der Waals surface area contributed by atoms with Crippen LogP contribution in [0.15, 0.2) is 28.7 Å². The van der Waals surface area contributed by atoms with Gasteiger partial charge in [0.2, 0.25) is 0 Å². The number of nitrogens with one attached hydrogen (secondary N) is 1. The normalized spacial score (nSPS) is 14.2. The Bertz CT molecular complexity index is 686. The van der Waals surface area contributed by atoms with E-state index in [2.05, 4.69) is 46.0 Å². The lowest BCUT2D eigenvalue weighted by Gasteiger charge is -2.02. The van der Waals surface area contributed by atoms with Gasteiger partial charge in [-0.25, -0.2) is 4.79 Å². The summed E-state index contributed by atoms with van der Waals surface area (Å²) in [6.45, 7) is 2.06. The van der Waals surface area contributed by atoms with Crippen molar-refractivity contribution in [2.45, 2.75) is 26.2 Å². The zero-order valence-corrected chi connectivity index (χ0v) is 13.8. The van der Waals surface area contributed by atoms with Crippen LogP contribution in [0.3, 0.4) is 0 Å². The number of benzene rings is 1. The number of aryl methyl sites for hydroxylation is 1. The third kappa shape index (κ3) is 3.05. The number of carbonyl (C=O) groups excluding carboxylic acids is 1. The summed E-state index contributed by atoms with van der Waals surface area (Å²) in [5, 5.41) is 0. The number of hydrogen-bond donors (Lipinski definition) is 1. The van der Waals surface area contributed by atoms with Crippen molar-refractivity contribution >= 4 is 21.9 Å². The van der Waals surface area contributed by atoms with Gasteiger partial charge in [0.15, 0.2) is 0 Å². The van der Waals surface area contributed by atoms with E-state index in [-0.39, 0.29) is 5.97 Å². The van der Waals surface area contributed by atoms with Gasteiger partial charge in [0.05, 0.1) is 12.7 Å². The number of hydrogen-bond acceptors (Lipinski definition) is 2. The Morgan fingerprint density at radius 2 is 2.14 bits per heavy atom. The molecule has 0 amide bonds. The van der Waals surface area contributed by atoms with Gasteiger partial charge in [0, 0.05) is 15.9 Å². The zero-order valence-electron chi connectivity index (χ0n) is 12.2. The summed E-state index contributed by atoms with van der Waals surface area (Å²) in [5.74, 6) is 0.448. The molecular formula is C17H18BrNO2. The molecule has 2 aromatic rings. The maximum atomic E-state index is 12.0. The minimum Gasteiger partial charge on any atom is -0.465 e. The van der Waals surface area contributed by atoms with Gasteiger partial charge in [-0.1, -0.05) is 28.1 Å². The van der Waals surface area contributed by atoms with Crippen LogP contribution >= 0.6 is 15.9 Å². The molecule has 0 radical (unpaired) electrons. The Morgan fingerprint density at radius 1 is 1.38 bits per heavy atom. The predicted molar refractivity (Wildman–Crippen MR) is 86.4 cm³/mol. The fourth-order valence-corrected chi connectivity index (χ4v) is 2.86. The minimum atomic E-state index is -0.265. The first-order valence-electron chi connectivity index (χ1n) is 7.15. The molecule has 1 aliphatic carbocycles.